The quantitative estimate of drug-likeness (QED) is 0.340. The summed E-state index contributed by atoms with van der Waals surface area (Å²) in [5.41, 5.74) is 0.789. The molecule has 0 aromatic heterocycles. The number of alkyl halides is 1. The molecule has 0 aliphatic rings. The van der Waals surface area contributed by atoms with Crippen LogP contribution < -0.4 is 5.32 Å². The molecule has 0 heterocycles. The zero-order valence-corrected chi connectivity index (χ0v) is 12.8. The standard InChI is InChI=1S/C13H17BrN2O4/c1-10-3-4-11(9-12(10)16(18)19)13(17)15-6-2-7-20-8-5-14/h3-4,9H,2,5-8H2,1H3,(H,15,17). The maximum Gasteiger partial charge on any atom is 0.273 e. The second-order valence-corrected chi connectivity index (χ2v) is 4.96. The molecule has 0 saturated carbocycles. The molecule has 20 heavy (non-hydrogen) atoms. The largest absolute Gasteiger partial charge is 0.381 e. The highest BCUT2D eigenvalue weighted by Gasteiger charge is 2.14. The van der Waals surface area contributed by atoms with Crippen LogP contribution in [-0.2, 0) is 4.74 Å². The Hall–Kier alpha value is -1.47. The van der Waals surface area contributed by atoms with Crippen LogP contribution in [0.15, 0.2) is 18.2 Å². The van der Waals surface area contributed by atoms with Crippen LogP contribution in [0.3, 0.4) is 0 Å². The van der Waals surface area contributed by atoms with E-state index in [0.29, 0.717) is 37.3 Å². The average Bonchev–Trinajstić information content (AvgIpc) is 2.42. The summed E-state index contributed by atoms with van der Waals surface area (Å²) < 4.78 is 5.25. The fourth-order valence-electron chi connectivity index (χ4n) is 1.58. The molecular weight excluding hydrogens is 328 g/mol. The number of nitro groups is 1. The highest BCUT2D eigenvalue weighted by molar-refractivity contribution is 9.09. The number of rotatable bonds is 8. The molecule has 6 nitrogen and oxygen atoms in total. The van der Waals surface area contributed by atoms with Gasteiger partial charge in [0.2, 0.25) is 0 Å². The lowest BCUT2D eigenvalue weighted by Gasteiger charge is -2.06. The molecule has 7 heteroatoms. The second-order valence-electron chi connectivity index (χ2n) is 4.17. The Bertz CT molecular complexity index is 479. The number of nitrogens with one attached hydrogen (secondary N) is 1. The number of benzene rings is 1. The van der Waals surface area contributed by atoms with Gasteiger partial charge < -0.3 is 10.1 Å². The van der Waals surface area contributed by atoms with E-state index in [1.807, 2.05) is 0 Å². The minimum absolute atomic E-state index is 0.0432. The summed E-state index contributed by atoms with van der Waals surface area (Å²) in [4.78, 5) is 22.2. The maximum absolute atomic E-state index is 11.8. The van der Waals surface area contributed by atoms with E-state index in [2.05, 4.69) is 21.2 Å². The zero-order valence-electron chi connectivity index (χ0n) is 11.2. The molecule has 1 rings (SSSR count). The third-order valence-electron chi connectivity index (χ3n) is 2.64. The van der Waals surface area contributed by atoms with Gasteiger partial charge in [0.05, 0.1) is 11.5 Å². The fourth-order valence-corrected chi connectivity index (χ4v) is 1.81. The van der Waals surface area contributed by atoms with Crippen molar-refractivity contribution in [3.8, 4) is 0 Å². The van der Waals surface area contributed by atoms with Crippen molar-refractivity contribution in [3.05, 3.63) is 39.4 Å². The molecule has 0 atom stereocenters. The van der Waals surface area contributed by atoms with E-state index >= 15 is 0 Å². The Morgan fingerprint density at radius 1 is 1.45 bits per heavy atom. The molecular formula is C13H17BrN2O4. The van der Waals surface area contributed by atoms with E-state index in [1.165, 1.54) is 6.07 Å². The summed E-state index contributed by atoms with van der Waals surface area (Å²) in [7, 11) is 0. The third-order valence-corrected chi connectivity index (χ3v) is 2.96. The zero-order chi connectivity index (χ0) is 15.0. The van der Waals surface area contributed by atoms with E-state index in [4.69, 9.17) is 4.74 Å². The summed E-state index contributed by atoms with van der Waals surface area (Å²) in [6, 6.07) is 4.46. The number of hydrogen-bond acceptors (Lipinski definition) is 4. The van der Waals surface area contributed by atoms with Crippen molar-refractivity contribution in [2.75, 3.05) is 25.1 Å². The van der Waals surface area contributed by atoms with Crippen LogP contribution in [0.1, 0.15) is 22.3 Å². The SMILES string of the molecule is Cc1ccc(C(=O)NCCCOCCBr)cc1[N+](=O)[O-]. The predicted octanol–water partition coefficient (Wildman–Crippen LogP) is 2.43. The number of hydrogen-bond donors (Lipinski definition) is 1. The van der Waals surface area contributed by atoms with E-state index < -0.39 is 4.92 Å². The summed E-state index contributed by atoms with van der Waals surface area (Å²) in [5, 5.41) is 14.3. The maximum atomic E-state index is 11.8. The van der Waals surface area contributed by atoms with Crippen LogP contribution in [0.4, 0.5) is 5.69 Å². The first-order valence-electron chi connectivity index (χ1n) is 6.23. The van der Waals surface area contributed by atoms with Crippen LogP contribution in [-0.4, -0.2) is 35.9 Å². The van der Waals surface area contributed by atoms with Gasteiger partial charge in [-0.3, -0.25) is 14.9 Å². The predicted molar refractivity (Wildman–Crippen MR) is 79.4 cm³/mol. The minimum atomic E-state index is -0.486. The smallest absolute Gasteiger partial charge is 0.273 e. The molecule has 1 aromatic carbocycles. The average molecular weight is 345 g/mol. The third kappa shape index (κ3) is 5.26. The normalized spacial score (nSPS) is 10.3. The monoisotopic (exact) mass is 344 g/mol. The van der Waals surface area contributed by atoms with Crippen molar-refractivity contribution in [1.29, 1.82) is 0 Å². The van der Waals surface area contributed by atoms with E-state index in [0.717, 1.165) is 5.33 Å². The van der Waals surface area contributed by atoms with E-state index in [-0.39, 0.29) is 11.6 Å². The number of aryl methyl sites for hydroxylation is 1. The topological polar surface area (TPSA) is 81.5 Å². The molecule has 0 saturated heterocycles. The molecule has 0 aliphatic carbocycles. The molecule has 1 N–H and O–H groups in total. The number of nitrogens with zero attached hydrogens (tertiary/aromatic N) is 1. The van der Waals surface area contributed by atoms with Gasteiger partial charge in [-0.05, 0) is 19.4 Å². The first-order valence-corrected chi connectivity index (χ1v) is 7.35. The van der Waals surface area contributed by atoms with Gasteiger partial charge >= 0.3 is 0 Å². The van der Waals surface area contributed by atoms with Crippen molar-refractivity contribution in [3.63, 3.8) is 0 Å². The first kappa shape index (κ1) is 16.6. The van der Waals surface area contributed by atoms with Crippen LogP contribution in [0, 0.1) is 17.0 Å². The van der Waals surface area contributed by atoms with Gasteiger partial charge in [-0.25, -0.2) is 0 Å². The molecule has 0 aliphatic heterocycles. The van der Waals surface area contributed by atoms with Gasteiger partial charge in [0.15, 0.2) is 0 Å². The van der Waals surface area contributed by atoms with Crippen molar-refractivity contribution in [2.45, 2.75) is 13.3 Å². The number of nitro benzene ring substituents is 1. The highest BCUT2D eigenvalue weighted by atomic mass is 79.9. The molecule has 0 radical (unpaired) electrons. The van der Waals surface area contributed by atoms with Crippen LogP contribution in [0.25, 0.3) is 0 Å². The number of amides is 1. The van der Waals surface area contributed by atoms with E-state index in [1.54, 1.807) is 19.1 Å². The van der Waals surface area contributed by atoms with Gasteiger partial charge in [0.1, 0.15) is 0 Å². The fraction of sp³-hybridized carbons (Fsp3) is 0.462. The number of carbonyl (C=O) groups excluding carboxylic acids is 1. The summed E-state index contributed by atoms with van der Waals surface area (Å²) in [6.07, 6.45) is 0.701. The first-order chi connectivity index (χ1) is 9.56. The molecule has 0 bridgehead atoms. The lowest BCUT2D eigenvalue weighted by Crippen LogP contribution is -2.25. The van der Waals surface area contributed by atoms with Crippen molar-refractivity contribution >= 4 is 27.5 Å². The highest BCUT2D eigenvalue weighted by Crippen LogP contribution is 2.19. The van der Waals surface area contributed by atoms with Crippen LogP contribution in [0.2, 0.25) is 0 Å². The Balaban J connectivity index is 2.47. The van der Waals surface area contributed by atoms with Crippen LogP contribution in [0.5, 0.6) is 0 Å². The molecule has 1 aromatic rings. The summed E-state index contributed by atoms with van der Waals surface area (Å²) >= 11 is 3.25. The molecule has 0 fully saturated rings. The van der Waals surface area contributed by atoms with Gasteiger partial charge in [0, 0.05) is 35.7 Å². The van der Waals surface area contributed by atoms with Crippen molar-refractivity contribution < 1.29 is 14.5 Å². The summed E-state index contributed by atoms with van der Waals surface area (Å²) in [5.74, 6) is -0.311. The van der Waals surface area contributed by atoms with Gasteiger partial charge in [0.25, 0.3) is 11.6 Å². The van der Waals surface area contributed by atoms with Crippen molar-refractivity contribution in [1.82, 2.24) is 5.32 Å². The Labute approximate surface area is 125 Å². The van der Waals surface area contributed by atoms with Gasteiger partial charge in [-0.15, -0.1) is 0 Å². The lowest BCUT2D eigenvalue weighted by atomic mass is 10.1. The number of carbonyl (C=O) groups is 1. The van der Waals surface area contributed by atoms with Gasteiger partial charge in [-0.2, -0.15) is 0 Å². The minimum Gasteiger partial charge on any atom is -0.381 e. The molecule has 0 spiro atoms. The Morgan fingerprint density at radius 2 is 2.20 bits per heavy atom. The summed E-state index contributed by atoms with van der Waals surface area (Å²) in [6.45, 7) is 3.32. The second kappa shape index (κ2) is 8.65. The molecule has 1 amide bonds. The number of halogens is 1. The van der Waals surface area contributed by atoms with Gasteiger partial charge in [-0.1, -0.05) is 22.0 Å². The Kier molecular flexibility index (Phi) is 7.17. The molecule has 110 valence electrons. The molecule has 0 unspecified atom stereocenters. The van der Waals surface area contributed by atoms with Crippen molar-refractivity contribution in [2.24, 2.45) is 0 Å². The lowest BCUT2D eigenvalue weighted by molar-refractivity contribution is -0.385. The number of ether oxygens (including phenoxy) is 1. The van der Waals surface area contributed by atoms with Crippen LogP contribution >= 0.6 is 15.9 Å². The van der Waals surface area contributed by atoms with E-state index in [9.17, 15) is 14.9 Å². The Morgan fingerprint density at radius 3 is 2.85 bits per heavy atom.